The van der Waals surface area contributed by atoms with E-state index in [4.69, 9.17) is 9.47 Å². The highest BCUT2D eigenvalue weighted by molar-refractivity contribution is 14.1. The predicted octanol–water partition coefficient (Wildman–Crippen LogP) is 10.2. The highest BCUT2D eigenvalue weighted by atomic mass is 127. The van der Waals surface area contributed by atoms with Crippen molar-refractivity contribution in [2.45, 2.75) is 123 Å². The van der Waals surface area contributed by atoms with Crippen molar-refractivity contribution in [3.05, 3.63) is 62.9 Å². The second-order valence-electron chi connectivity index (χ2n) is 12.6. The van der Waals surface area contributed by atoms with Gasteiger partial charge in [0.15, 0.2) is 0 Å². The third-order valence-electron chi connectivity index (χ3n) is 8.92. The molecule has 39 heavy (non-hydrogen) atoms. The fourth-order valence-electron chi connectivity index (χ4n) is 5.68. The van der Waals surface area contributed by atoms with Gasteiger partial charge in [0.2, 0.25) is 0 Å². The maximum absolute atomic E-state index is 6.68. The molecule has 0 spiro atoms. The van der Waals surface area contributed by atoms with E-state index in [1.807, 2.05) is 0 Å². The molecule has 0 radical (unpaired) electrons. The first kappa shape index (κ1) is 30.4. The van der Waals surface area contributed by atoms with Crippen LogP contribution in [0.3, 0.4) is 0 Å². The molecule has 2 atom stereocenters. The third kappa shape index (κ3) is 6.86. The molecule has 0 bridgehead atoms. The molecule has 2 aromatic rings. The minimum Gasteiger partial charge on any atom is -0.487 e. The van der Waals surface area contributed by atoms with Crippen molar-refractivity contribution in [3.63, 3.8) is 0 Å². The van der Waals surface area contributed by atoms with E-state index in [0.29, 0.717) is 0 Å². The maximum Gasteiger partial charge on any atom is 0.131 e. The van der Waals surface area contributed by atoms with Crippen molar-refractivity contribution < 1.29 is 9.47 Å². The van der Waals surface area contributed by atoms with Crippen LogP contribution in [0.15, 0.2) is 48.2 Å². The van der Waals surface area contributed by atoms with Gasteiger partial charge in [-0.1, -0.05) is 82.2 Å². The Kier molecular flexibility index (Phi) is 10.1. The van der Waals surface area contributed by atoms with Gasteiger partial charge in [0, 0.05) is 33.8 Å². The van der Waals surface area contributed by atoms with Crippen molar-refractivity contribution >= 4 is 28.3 Å². The summed E-state index contributed by atoms with van der Waals surface area (Å²) in [7, 11) is 0. The standard InChI is InChI=1S/C35H50INO2/c1-8-10-12-14-20-37(21-15-13-11-9-2)31-23-26(17-19-28(31)27-18-16-25(3)22-30(27)36)29-24-32-33(29)39-35(6,7)34(4,5)38-32/h16-19,22-24,29,33H,8-15,20-21H2,1-7H3. The van der Waals surface area contributed by atoms with E-state index in [-0.39, 0.29) is 23.2 Å². The van der Waals surface area contributed by atoms with Gasteiger partial charge >= 0.3 is 0 Å². The van der Waals surface area contributed by atoms with Gasteiger partial charge in [-0.2, -0.15) is 0 Å². The quantitative estimate of drug-likeness (QED) is 0.160. The number of rotatable bonds is 13. The summed E-state index contributed by atoms with van der Waals surface area (Å²) in [5.41, 5.74) is 6.00. The van der Waals surface area contributed by atoms with Gasteiger partial charge in [-0.3, -0.25) is 0 Å². The van der Waals surface area contributed by atoms with Crippen LogP contribution in [-0.4, -0.2) is 30.4 Å². The van der Waals surface area contributed by atoms with Crippen LogP contribution in [0.25, 0.3) is 11.1 Å². The minimum absolute atomic E-state index is 0.00575. The molecule has 4 heteroatoms. The van der Waals surface area contributed by atoms with Gasteiger partial charge < -0.3 is 14.4 Å². The summed E-state index contributed by atoms with van der Waals surface area (Å²) in [5, 5.41) is 0. The SMILES string of the molecule is CCCCCCN(CCCCCC)c1cc(C2C=C3OC(C)(C)C(C)(C)OC32)ccc1-c1ccc(C)cc1I. The van der Waals surface area contributed by atoms with E-state index in [2.05, 4.69) is 118 Å². The maximum atomic E-state index is 6.68. The van der Waals surface area contributed by atoms with Crippen LogP contribution in [0.2, 0.25) is 0 Å². The smallest absolute Gasteiger partial charge is 0.131 e. The lowest BCUT2D eigenvalue weighted by Gasteiger charge is -2.54. The topological polar surface area (TPSA) is 21.7 Å². The molecule has 1 aliphatic carbocycles. The number of anilines is 1. The lowest BCUT2D eigenvalue weighted by atomic mass is 9.78. The molecule has 0 aromatic heterocycles. The minimum atomic E-state index is -0.348. The summed E-state index contributed by atoms with van der Waals surface area (Å²) in [4.78, 5) is 2.69. The molecule has 214 valence electrons. The Hall–Kier alpha value is -1.53. The van der Waals surface area contributed by atoms with Crippen LogP contribution < -0.4 is 4.90 Å². The van der Waals surface area contributed by atoms with E-state index in [1.165, 1.54) is 82.9 Å². The number of unbranched alkanes of at least 4 members (excludes halogenated alkanes) is 6. The molecule has 1 saturated heterocycles. The van der Waals surface area contributed by atoms with Crippen molar-refractivity contribution in [1.82, 2.24) is 0 Å². The Morgan fingerprint density at radius 3 is 2.05 bits per heavy atom. The summed E-state index contributed by atoms with van der Waals surface area (Å²) < 4.78 is 14.4. The first-order valence-electron chi connectivity index (χ1n) is 15.3. The zero-order chi connectivity index (χ0) is 28.2. The molecule has 1 heterocycles. The largest absolute Gasteiger partial charge is 0.487 e. The first-order valence-corrected chi connectivity index (χ1v) is 16.4. The van der Waals surface area contributed by atoms with Gasteiger partial charge in [0.1, 0.15) is 23.1 Å². The molecule has 0 amide bonds. The van der Waals surface area contributed by atoms with E-state index in [1.54, 1.807) is 0 Å². The van der Waals surface area contributed by atoms with Crippen LogP contribution in [0.4, 0.5) is 5.69 Å². The summed E-state index contributed by atoms with van der Waals surface area (Å²) in [5.74, 6) is 1.22. The average Bonchev–Trinajstić information content (AvgIpc) is 2.88. The summed E-state index contributed by atoms with van der Waals surface area (Å²) in [6.07, 6.45) is 12.5. The Morgan fingerprint density at radius 2 is 1.44 bits per heavy atom. The van der Waals surface area contributed by atoms with Gasteiger partial charge in [-0.15, -0.1) is 0 Å². The molecular weight excluding hydrogens is 593 g/mol. The third-order valence-corrected chi connectivity index (χ3v) is 9.81. The van der Waals surface area contributed by atoms with E-state index < -0.39 is 0 Å². The number of nitrogens with zero attached hydrogens (tertiary/aromatic N) is 1. The average molecular weight is 644 g/mol. The number of benzene rings is 2. The Balaban J connectivity index is 1.71. The normalized spacial score (nSPS) is 21.0. The summed E-state index contributed by atoms with van der Waals surface area (Å²) in [6, 6.07) is 14.0. The molecule has 4 rings (SSSR count). The number of halogens is 1. The Bertz CT molecular complexity index is 1140. The Morgan fingerprint density at radius 1 is 0.795 bits per heavy atom. The fraction of sp³-hybridized carbons (Fsp3) is 0.600. The number of hydrogen-bond acceptors (Lipinski definition) is 3. The van der Waals surface area contributed by atoms with E-state index in [0.717, 1.165) is 18.8 Å². The van der Waals surface area contributed by atoms with Gasteiger partial charge in [0.25, 0.3) is 0 Å². The molecule has 0 N–H and O–H groups in total. The van der Waals surface area contributed by atoms with Gasteiger partial charge in [0.05, 0.1) is 0 Å². The number of aryl methyl sites for hydroxylation is 1. The lowest BCUT2D eigenvalue weighted by molar-refractivity contribution is -0.243. The van der Waals surface area contributed by atoms with Crippen LogP contribution in [0.5, 0.6) is 0 Å². The molecule has 3 nitrogen and oxygen atoms in total. The summed E-state index contributed by atoms with van der Waals surface area (Å²) >= 11 is 2.52. The molecule has 2 unspecified atom stereocenters. The monoisotopic (exact) mass is 643 g/mol. The van der Waals surface area contributed by atoms with Crippen molar-refractivity contribution in [2.75, 3.05) is 18.0 Å². The van der Waals surface area contributed by atoms with Crippen LogP contribution in [-0.2, 0) is 9.47 Å². The number of hydrogen-bond donors (Lipinski definition) is 0. The molecule has 1 fully saturated rings. The Labute approximate surface area is 251 Å². The predicted molar refractivity (Wildman–Crippen MR) is 175 cm³/mol. The van der Waals surface area contributed by atoms with Crippen molar-refractivity contribution in [2.24, 2.45) is 0 Å². The number of fused-ring (bicyclic) bond motifs is 1. The van der Waals surface area contributed by atoms with Crippen LogP contribution in [0.1, 0.15) is 110 Å². The first-order chi connectivity index (χ1) is 18.6. The van der Waals surface area contributed by atoms with Crippen molar-refractivity contribution in [3.8, 4) is 11.1 Å². The molecule has 2 aliphatic rings. The fourth-order valence-corrected chi connectivity index (χ4v) is 6.65. The zero-order valence-electron chi connectivity index (χ0n) is 25.4. The second-order valence-corrected chi connectivity index (χ2v) is 13.8. The lowest BCUT2D eigenvalue weighted by Crippen LogP contribution is -2.59. The van der Waals surface area contributed by atoms with Crippen LogP contribution in [0, 0.1) is 10.5 Å². The molecule has 1 aliphatic heterocycles. The molecule has 2 aromatic carbocycles. The molecule has 0 saturated carbocycles. The van der Waals surface area contributed by atoms with E-state index in [9.17, 15) is 0 Å². The van der Waals surface area contributed by atoms with Crippen molar-refractivity contribution in [1.29, 1.82) is 0 Å². The van der Waals surface area contributed by atoms with Crippen LogP contribution >= 0.6 is 22.6 Å². The second kappa shape index (κ2) is 13.0. The van der Waals surface area contributed by atoms with Gasteiger partial charge in [-0.25, -0.2) is 0 Å². The number of ether oxygens (including phenoxy) is 2. The highest BCUT2D eigenvalue weighted by Crippen LogP contribution is 2.50. The highest BCUT2D eigenvalue weighted by Gasteiger charge is 2.53. The zero-order valence-corrected chi connectivity index (χ0v) is 27.6. The van der Waals surface area contributed by atoms with Gasteiger partial charge in [-0.05, 0) is 99.4 Å². The summed E-state index contributed by atoms with van der Waals surface area (Å²) in [6.45, 7) is 17.6. The molecular formula is C35H50INO2. The van der Waals surface area contributed by atoms with E-state index >= 15 is 0 Å².